The summed E-state index contributed by atoms with van der Waals surface area (Å²) in [5.74, 6) is 1.19. The van der Waals surface area contributed by atoms with E-state index in [0.717, 1.165) is 43.3 Å². The van der Waals surface area contributed by atoms with Gasteiger partial charge in [0.1, 0.15) is 23.9 Å². The van der Waals surface area contributed by atoms with Gasteiger partial charge in [-0.2, -0.15) is 0 Å². The first-order valence-corrected chi connectivity index (χ1v) is 14.5. The Morgan fingerprint density at radius 3 is 2.12 bits per heavy atom. The van der Waals surface area contributed by atoms with Crippen molar-refractivity contribution >= 4 is 28.8 Å². The van der Waals surface area contributed by atoms with E-state index >= 15 is 0 Å². The van der Waals surface area contributed by atoms with Gasteiger partial charge in [0, 0.05) is 34.4 Å². The van der Waals surface area contributed by atoms with Crippen LogP contribution in [0.5, 0.6) is 11.5 Å². The Kier molecular flexibility index (Phi) is 8.76. The van der Waals surface area contributed by atoms with Gasteiger partial charge in [-0.05, 0) is 58.9 Å². The van der Waals surface area contributed by atoms with E-state index in [1.54, 1.807) is 11.8 Å². The molecule has 0 saturated heterocycles. The summed E-state index contributed by atoms with van der Waals surface area (Å²) in [6.45, 7) is 13.0. The second-order valence-electron chi connectivity index (χ2n) is 12.4. The van der Waals surface area contributed by atoms with Crippen LogP contribution in [0.25, 0.3) is 11.0 Å². The number of ether oxygens (including phenoxy) is 2. The number of fused-ring (bicyclic) bond motifs is 1. The molecular formula is C33H40N2O5S. The predicted molar refractivity (Wildman–Crippen MR) is 163 cm³/mol. The number of imidazole rings is 1. The van der Waals surface area contributed by atoms with E-state index < -0.39 is 12.1 Å². The minimum absolute atomic E-state index is 0.178. The van der Waals surface area contributed by atoms with E-state index in [4.69, 9.17) is 9.72 Å². The number of carbonyl (C=O) groups is 1. The standard InChI is InChI=1S/C33H40N2O5S/c1-32(2,3)24-16-23(17-25(30(24)37)33(4,5)6)41-22-13-14-26-27(18-22)35(7)29(34-26)19-40-21-11-9-20(10-12-21)15-28(36)31(38)39-8/h9-14,16-18,28,36-37H,15,19H2,1-8H3. The van der Waals surface area contributed by atoms with Crippen LogP contribution in [-0.4, -0.2) is 38.9 Å². The van der Waals surface area contributed by atoms with Crippen LogP contribution in [0.4, 0.5) is 0 Å². The van der Waals surface area contributed by atoms with Crippen molar-refractivity contribution in [1.82, 2.24) is 9.55 Å². The van der Waals surface area contributed by atoms with Crippen LogP contribution in [0.15, 0.2) is 64.4 Å². The number of rotatable bonds is 8. The zero-order valence-electron chi connectivity index (χ0n) is 25.1. The number of esters is 1. The summed E-state index contributed by atoms with van der Waals surface area (Å²) in [6.07, 6.45) is -1.01. The molecule has 0 spiro atoms. The number of aliphatic hydroxyl groups excluding tert-OH is 1. The van der Waals surface area contributed by atoms with Crippen molar-refractivity contribution in [2.24, 2.45) is 7.05 Å². The molecule has 7 nitrogen and oxygen atoms in total. The van der Waals surface area contributed by atoms with E-state index in [2.05, 4.69) is 70.5 Å². The van der Waals surface area contributed by atoms with Crippen LogP contribution in [-0.2, 0) is 40.4 Å². The van der Waals surface area contributed by atoms with Crippen molar-refractivity contribution in [2.45, 2.75) is 81.3 Å². The fraction of sp³-hybridized carbons (Fsp3) is 0.394. The number of carbonyl (C=O) groups excluding carboxylic acids is 1. The zero-order chi connectivity index (χ0) is 30.1. The largest absolute Gasteiger partial charge is 0.507 e. The highest BCUT2D eigenvalue weighted by Gasteiger charge is 2.27. The number of aromatic nitrogens is 2. The fourth-order valence-corrected chi connectivity index (χ4v) is 5.60. The van der Waals surface area contributed by atoms with E-state index in [1.807, 2.05) is 41.9 Å². The Balaban J connectivity index is 1.52. The molecule has 1 aromatic heterocycles. The average molecular weight is 577 g/mol. The minimum Gasteiger partial charge on any atom is -0.507 e. The smallest absolute Gasteiger partial charge is 0.335 e. The number of hydrogen-bond acceptors (Lipinski definition) is 7. The lowest BCUT2D eigenvalue weighted by atomic mass is 9.79. The van der Waals surface area contributed by atoms with E-state index in [0.29, 0.717) is 18.1 Å². The van der Waals surface area contributed by atoms with Gasteiger partial charge in [0.15, 0.2) is 6.10 Å². The van der Waals surface area contributed by atoms with Crippen LogP contribution in [0.1, 0.15) is 64.1 Å². The molecule has 0 fully saturated rings. The maximum absolute atomic E-state index is 11.5. The number of aliphatic hydroxyl groups is 1. The van der Waals surface area contributed by atoms with Crippen molar-refractivity contribution in [3.63, 3.8) is 0 Å². The van der Waals surface area contributed by atoms with Gasteiger partial charge < -0.3 is 24.3 Å². The minimum atomic E-state index is -1.19. The van der Waals surface area contributed by atoms with E-state index in [1.165, 1.54) is 7.11 Å². The third-order valence-electron chi connectivity index (χ3n) is 7.07. The molecule has 1 unspecified atom stereocenters. The fourth-order valence-electron chi connectivity index (χ4n) is 4.67. The Morgan fingerprint density at radius 2 is 1.56 bits per heavy atom. The molecule has 3 aromatic carbocycles. The highest BCUT2D eigenvalue weighted by Crippen LogP contribution is 2.43. The Labute approximate surface area is 246 Å². The highest BCUT2D eigenvalue weighted by molar-refractivity contribution is 7.99. The number of phenolic OH excluding ortho intramolecular Hbond substituents is 1. The molecule has 0 aliphatic carbocycles. The summed E-state index contributed by atoms with van der Waals surface area (Å²) in [5.41, 5.74) is 4.21. The lowest BCUT2D eigenvalue weighted by Crippen LogP contribution is -2.24. The summed E-state index contributed by atoms with van der Waals surface area (Å²) in [6, 6.07) is 17.7. The molecule has 0 bridgehead atoms. The lowest BCUT2D eigenvalue weighted by Gasteiger charge is -2.28. The monoisotopic (exact) mass is 576 g/mol. The lowest BCUT2D eigenvalue weighted by molar-refractivity contribution is -0.150. The van der Waals surface area contributed by atoms with Crippen molar-refractivity contribution < 1.29 is 24.5 Å². The summed E-state index contributed by atoms with van der Waals surface area (Å²) in [7, 11) is 3.24. The summed E-state index contributed by atoms with van der Waals surface area (Å²) in [5, 5.41) is 20.9. The first-order chi connectivity index (χ1) is 19.2. The number of aryl methyl sites for hydroxylation is 1. The molecule has 0 saturated carbocycles. The first-order valence-electron chi connectivity index (χ1n) is 13.7. The van der Waals surface area contributed by atoms with E-state index in [-0.39, 0.29) is 17.3 Å². The first kappa shape index (κ1) is 30.5. The molecule has 0 amide bonds. The Bertz CT molecular complexity index is 1510. The Morgan fingerprint density at radius 1 is 0.951 bits per heavy atom. The highest BCUT2D eigenvalue weighted by atomic mass is 32.2. The molecule has 4 aromatic rings. The summed E-state index contributed by atoms with van der Waals surface area (Å²) >= 11 is 1.68. The SMILES string of the molecule is COC(=O)C(O)Cc1ccc(OCc2nc3ccc(Sc4cc(C(C)(C)C)c(O)c(C(C)(C)C)c4)cc3n2C)cc1. The number of methoxy groups -OCH3 is 1. The van der Waals surface area contributed by atoms with Crippen molar-refractivity contribution in [3.05, 3.63) is 77.1 Å². The maximum atomic E-state index is 11.5. The van der Waals surface area contributed by atoms with Crippen LogP contribution >= 0.6 is 11.8 Å². The predicted octanol–water partition coefficient (Wildman–Crippen LogP) is 6.68. The molecule has 1 heterocycles. The molecule has 1 atom stereocenters. The van der Waals surface area contributed by atoms with Crippen LogP contribution in [0.3, 0.4) is 0 Å². The topological polar surface area (TPSA) is 93.8 Å². The van der Waals surface area contributed by atoms with Crippen molar-refractivity contribution in [1.29, 1.82) is 0 Å². The van der Waals surface area contributed by atoms with Gasteiger partial charge in [-0.15, -0.1) is 0 Å². The molecule has 218 valence electrons. The summed E-state index contributed by atoms with van der Waals surface area (Å²) < 4.78 is 12.6. The zero-order valence-corrected chi connectivity index (χ0v) is 25.9. The van der Waals surface area contributed by atoms with Gasteiger partial charge in [-0.1, -0.05) is 65.4 Å². The van der Waals surface area contributed by atoms with Crippen molar-refractivity contribution in [3.8, 4) is 11.5 Å². The Hall–Kier alpha value is -3.49. The number of aromatic hydroxyl groups is 1. The third-order valence-corrected chi connectivity index (χ3v) is 8.03. The number of hydrogen-bond donors (Lipinski definition) is 2. The molecule has 2 N–H and O–H groups in total. The molecular weight excluding hydrogens is 536 g/mol. The third kappa shape index (κ3) is 7.05. The van der Waals surface area contributed by atoms with Gasteiger partial charge in [-0.3, -0.25) is 0 Å². The molecule has 41 heavy (non-hydrogen) atoms. The van der Waals surface area contributed by atoms with E-state index in [9.17, 15) is 15.0 Å². The average Bonchev–Trinajstić information content (AvgIpc) is 3.22. The quantitative estimate of drug-likeness (QED) is 0.226. The van der Waals surface area contributed by atoms with Crippen LogP contribution < -0.4 is 4.74 Å². The number of benzene rings is 3. The molecule has 0 aliphatic heterocycles. The maximum Gasteiger partial charge on any atom is 0.335 e. The second-order valence-corrected chi connectivity index (χ2v) is 13.5. The number of phenols is 1. The summed E-state index contributed by atoms with van der Waals surface area (Å²) in [4.78, 5) is 18.4. The number of nitrogens with zero attached hydrogens (tertiary/aromatic N) is 2. The molecule has 8 heteroatoms. The van der Waals surface area contributed by atoms with Gasteiger partial charge >= 0.3 is 5.97 Å². The molecule has 4 rings (SSSR count). The molecule has 0 radical (unpaired) electrons. The normalized spacial score (nSPS) is 12.9. The second kappa shape index (κ2) is 11.8. The van der Waals surface area contributed by atoms with Gasteiger partial charge in [-0.25, -0.2) is 9.78 Å². The van der Waals surface area contributed by atoms with Gasteiger partial charge in [0.2, 0.25) is 0 Å². The molecule has 0 aliphatic rings. The van der Waals surface area contributed by atoms with Crippen molar-refractivity contribution in [2.75, 3.05) is 7.11 Å². The van der Waals surface area contributed by atoms with Crippen LogP contribution in [0, 0.1) is 0 Å². The van der Waals surface area contributed by atoms with Gasteiger partial charge in [0.25, 0.3) is 0 Å². The van der Waals surface area contributed by atoms with Crippen LogP contribution in [0.2, 0.25) is 0 Å². The van der Waals surface area contributed by atoms with Gasteiger partial charge in [0.05, 0.1) is 18.1 Å².